The summed E-state index contributed by atoms with van der Waals surface area (Å²) >= 11 is 0. The van der Waals surface area contributed by atoms with E-state index in [0.717, 1.165) is 44.8 Å². The Hall–Kier alpha value is -1.59. The SMILES string of the molecule is COc1cc2c(cc1CN1CC[C@@]34OCCCN3C(=O)C[C@@H]14)CCC2. The fourth-order valence-electron chi connectivity index (χ4n) is 5.41. The Labute approximate surface area is 148 Å². The summed E-state index contributed by atoms with van der Waals surface area (Å²) in [6, 6.07) is 4.74. The van der Waals surface area contributed by atoms with Crippen LogP contribution >= 0.6 is 0 Å². The summed E-state index contributed by atoms with van der Waals surface area (Å²) in [5.41, 5.74) is 3.81. The number of hydrogen-bond donors (Lipinski definition) is 0. The number of nitrogens with zero attached hydrogens (tertiary/aromatic N) is 2. The molecule has 1 aliphatic carbocycles. The van der Waals surface area contributed by atoms with Crippen molar-refractivity contribution < 1.29 is 14.3 Å². The molecule has 0 radical (unpaired) electrons. The minimum Gasteiger partial charge on any atom is -0.496 e. The molecule has 1 amide bonds. The minimum atomic E-state index is -0.362. The van der Waals surface area contributed by atoms with E-state index >= 15 is 0 Å². The second kappa shape index (κ2) is 5.71. The first-order valence-corrected chi connectivity index (χ1v) is 9.58. The number of fused-ring (bicyclic) bond motifs is 1. The number of amides is 1. The molecule has 2 atom stereocenters. The molecule has 1 aromatic rings. The van der Waals surface area contributed by atoms with Crippen molar-refractivity contribution in [3.63, 3.8) is 0 Å². The summed E-state index contributed by atoms with van der Waals surface area (Å²) in [4.78, 5) is 16.9. The van der Waals surface area contributed by atoms with E-state index in [1.807, 2.05) is 4.90 Å². The standard InChI is InChI=1S/C20H26N2O3/c1-24-17-11-15-5-2-4-14(15)10-16(17)13-21-8-6-20-18(21)12-19(23)22(20)7-3-9-25-20/h10-11,18H,2-9,12-13H2,1H3/t18-,20+/m1/s1. The van der Waals surface area contributed by atoms with Crippen LogP contribution in [0.1, 0.15) is 42.4 Å². The third-order valence-corrected chi connectivity index (χ3v) is 6.59. The average Bonchev–Trinajstić information content (AvgIpc) is 3.28. The summed E-state index contributed by atoms with van der Waals surface area (Å²) in [5, 5.41) is 0. The van der Waals surface area contributed by atoms with Crippen LogP contribution in [0, 0.1) is 0 Å². The molecule has 3 aliphatic heterocycles. The molecule has 0 aromatic heterocycles. The lowest BCUT2D eigenvalue weighted by molar-refractivity contribution is -0.180. The van der Waals surface area contributed by atoms with Crippen LogP contribution in [-0.2, 0) is 28.9 Å². The van der Waals surface area contributed by atoms with Gasteiger partial charge in [0.2, 0.25) is 5.91 Å². The summed E-state index contributed by atoms with van der Waals surface area (Å²) < 4.78 is 11.9. The first kappa shape index (κ1) is 15.6. The highest BCUT2D eigenvalue weighted by Gasteiger charge is 2.60. The summed E-state index contributed by atoms with van der Waals surface area (Å²) in [6.45, 7) is 3.45. The van der Waals surface area contributed by atoms with Crippen LogP contribution in [0.4, 0.5) is 0 Å². The molecule has 4 aliphatic rings. The number of hydrogen-bond acceptors (Lipinski definition) is 4. The van der Waals surface area contributed by atoms with Crippen molar-refractivity contribution in [3.05, 3.63) is 28.8 Å². The third kappa shape index (κ3) is 2.25. The Balaban J connectivity index is 1.43. The predicted octanol–water partition coefficient (Wildman–Crippen LogP) is 2.11. The van der Waals surface area contributed by atoms with Gasteiger partial charge in [-0.2, -0.15) is 0 Å². The van der Waals surface area contributed by atoms with Crippen LogP contribution < -0.4 is 4.74 Å². The molecule has 1 spiro atoms. The van der Waals surface area contributed by atoms with Gasteiger partial charge in [-0.1, -0.05) is 6.07 Å². The van der Waals surface area contributed by atoms with E-state index in [9.17, 15) is 4.79 Å². The van der Waals surface area contributed by atoms with Gasteiger partial charge in [-0.3, -0.25) is 9.69 Å². The number of methoxy groups -OCH3 is 1. The van der Waals surface area contributed by atoms with E-state index in [2.05, 4.69) is 17.0 Å². The van der Waals surface area contributed by atoms with Gasteiger partial charge in [0.05, 0.1) is 19.8 Å². The Morgan fingerprint density at radius 1 is 1.24 bits per heavy atom. The maximum absolute atomic E-state index is 12.5. The summed E-state index contributed by atoms with van der Waals surface area (Å²) in [6.07, 6.45) is 6.06. The molecular formula is C20H26N2O3. The van der Waals surface area contributed by atoms with Crippen molar-refractivity contribution in [3.8, 4) is 5.75 Å². The molecule has 3 saturated heterocycles. The van der Waals surface area contributed by atoms with Gasteiger partial charge in [0.1, 0.15) is 5.75 Å². The fourth-order valence-corrected chi connectivity index (χ4v) is 5.41. The molecule has 5 rings (SSSR count). The Morgan fingerprint density at radius 3 is 2.92 bits per heavy atom. The molecule has 3 fully saturated rings. The smallest absolute Gasteiger partial charge is 0.226 e. The van der Waals surface area contributed by atoms with Gasteiger partial charge < -0.3 is 14.4 Å². The zero-order valence-corrected chi connectivity index (χ0v) is 14.9. The third-order valence-electron chi connectivity index (χ3n) is 6.59. The lowest BCUT2D eigenvalue weighted by atomic mass is 10.0. The van der Waals surface area contributed by atoms with Crippen LogP contribution in [0.5, 0.6) is 5.75 Å². The quantitative estimate of drug-likeness (QED) is 0.844. The fraction of sp³-hybridized carbons (Fsp3) is 0.650. The normalized spacial score (nSPS) is 31.2. The minimum absolute atomic E-state index is 0.179. The number of benzene rings is 1. The largest absolute Gasteiger partial charge is 0.496 e. The first-order valence-electron chi connectivity index (χ1n) is 9.58. The predicted molar refractivity (Wildman–Crippen MR) is 93.5 cm³/mol. The molecule has 134 valence electrons. The zero-order valence-electron chi connectivity index (χ0n) is 14.9. The van der Waals surface area contributed by atoms with Crippen molar-refractivity contribution in [2.75, 3.05) is 26.8 Å². The Morgan fingerprint density at radius 2 is 2.08 bits per heavy atom. The van der Waals surface area contributed by atoms with Crippen molar-refractivity contribution >= 4 is 5.91 Å². The number of likely N-dealkylation sites (tertiary alicyclic amines) is 1. The number of rotatable bonds is 3. The molecular weight excluding hydrogens is 316 g/mol. The van der Waals surface area contributed by atoms with Crippen LogP contribution in [-0.4, -0.2) is 54.3 Å². The van der Waals surface area contributed by atoms with Gasteiger partial charge in [0.25, 0.3) is 0 Å². The van der Waals surface area contributed by atoms with Gasteiger partial charge >= 0.3 is 0 Å². The van der Waals surface area contributed by atoms with E-state index in [0.29, 0.717) is 6.42 Å². The second-order valence-corrected chi connectivity index (χ2v) is 7.82. The maximum Gasteiger partial charge on any atom is 0.226 e. The van der Waals surface area contributed by atoms with Crippen molar-refractivity contribution in [1.82, 2.24) is 9.80 Å². The van der Waals surface area contributed by atoms with Gasteiger partial charge in [0, 0.05) is 38.0 Å². The van der Waals surface area contributed by atoms with Gasteiger partial charge in [0.15, 0.2) is 5.72 Å². The Kier molecular flexibility index (Phi) is 3.57. The molecule has 5 heteroatoms. The van der Waals surface area contributed by atoms with E-state index in [1.54, 1.807) is 7.11 Å². The molecule has 0 N–H and O–H groups in total. The highest BCUT2D eigenvalue weighted by molar-refractivity contribution is 5.81. The first-order chi connectivity index (χ1) is 12.2. The van der Waals surface area contributed by atoms with Gasteiger partial charge in [-0.05, 0) is 42.9 Å². The number of carbonyl (C=O) groups excluding carboxylic acids is 1. The van der Waals surface area contributed by atoms with Crippen LogP contribution in [0.25, 0.3) is 0 Å². The van der Waals surface area contributed by atoms with E-state index in [4.69, 9.17) is 9.47 Å². The monoisotopic (exact) mass is 342 g/mol. The Bertz CT molecular complexity index is 719. The van der Waals surface area contributed by atoms with E-state index < -0.39 is 0 Å². The molecule has 0 unspecified atom stereocenters. The lowest BCUT2D eigenvalue weighted by Gasteiger charge is -2.42. The molecule has 0 saturated carbocycles. The zero-order chi connectivity index (χ0) is 17.0. The summed E-state index contributed by atoms with van der Waals surface area (Å²) in [5.74, 6) is 1.25. The van der Waals surface area contributed by atoms with Gasteiger partial charge in [-0.25, -0.2) is 0 Å². The number of carbonyl (C=O) groups is 1. The van der Waals surface area contributed by atoms with Gasteiger partial charge in [-0.15, -0.1) is 0 Å². The van der Waals surface area contributed by atoms with Crippen LogP contribution in [0.2, 0.25) is 0 Å². The van der Waals surface area contributed by atoms with Crippen LogP contribution in [0.3, 0.4) is 0 Å². The number of aryl methyl sites for hydroxylation is 2. The maximum atomic E-state index is 12.5. The van der Waals surface area contributed by atoms with Crippen molar-refractivity contribution in [1.29, 1.82) is 0 Å². The summed E-state index contributed by atoms with van der Waals surface area (Å²) in [7, 11) is 1.76. The van der Waals surface area contributed by atoms with Crippen LogP contribution in [0.15, 0.2) is 12.1 Å². The molecule has 1 aromatic carbocycles. The lowest BCUT2D eigenvalue weighted by Crippen LogP contribution is -2.56. The van der Waals surface area contributed by atoms with Crippen molar-refractivity contribution in [2.24, 2.45) is 0 Å². The van der Waals surface area contributed by atoms with Crippen molar-refractivity contribution in [2.45, 2.75) is 56.8 Å². The highest BCUT2D eigenvalue weighted by atomic mass is 16.5. The highest BCUT2D eigenvalue weighted by Crippen LogP contribution is 2.45. The average molecular weight is 342 g/mol. The molecule has 25 heavy (non-hydrogen) atoms. The second-order valence-electron chi connectivity index (χ2n) is 7.82. The molecule has 0 bridgehead atoms. The number of ether oxygens (including phenoxy) is 2. The molecule has 5 nitrogen and oxygen atoms in total. The molecule has 3 heterocycles. The van der Waals surface area contributed by atoms with E-state index in [1.165, 1.54) is 36.0 Å². The van der Waals surface area contributed by atoms with E-state index in [-0.39, 0.29) is 17.7 Å². The topological polar surface area (TPSA) is 42.0 Å².